The van der Waals surface area contributed by atoms with Crippen LogP contribution in [0.1, 0.15) is 51.5 Å². The van der Waals surface area contributed by atoms with Gasteiger partial charge in [-0.1, -0.05) is 50.1 Å². The summed E-state index contributed by atoms with van der Waals surface area (Å²) in [6, 6.07) is 15.8. The summed E-state index contributed by atoms with van der Waals surface area (Å²) in [5, 5.41) is 3.12. The number of anilines is 1. The summed E-state index contributed by atoms with van der Waals surface area (Å²) in [5.74, 6) is 0.0246. The van der Waals surface area contributed by atoms with Crippen LogP contribution in [0.2, 0.25) is 0 Å². The largest absolute Gasteiger partial charge is 0.494 e. The number of hydrogen-bond donors (Lipinski definition) is 1. The Bertz CT molecular complexity index is 1120. The first-order valence-corrected chi connectivity index (χ1v) is 14.9. The van der Waals surface area contributed by atoms with Crippen LogP contribution < -0.4 is 14.4 Å². The third-order valence-corrected chi connectivity index (χ3v) is 7.83. The molecule has 0 saturated heterocycles. The smallest absolute Gasteiger partial charge is 0.244 e. The molecule has 2 aromatic carbocycles. The Balaban J connectivity index is 1.84. The SMILES string of the molecule is CCOc1ccc(N(CC(=O)N(CCc2ccccc2)C(CC)C(=O)NC2CCCC2)S(C)(=O)=O)cc1. The Kier molecular flexibility index (Phi) is 10.4. The first-order valence-electron chi connectivity index (χ1n) is 13.1. The topological polar surface area (TPSA) is 96.0 Å². The van der Waals surface area contributed by atoms with Gasteiger partial charge in [-0.2, -0.15) is 0 Å². The molecular weight excluding hydrogens is 490 g/mol. The van der Waals surface area contributed by atoms with E-state index < -0.39 is 28.5 Å². The molecule has 0 spiro atoms. The number of carbonyl (C=O) groups is 2. The number of carbonyl (C=O) groups excluding carboxylic acids is 2. The van der Waals surface area contributed by atoms with Crippen molar-refractivity contribution in [3.8, 4) is 5.75 Å². The lowest BCUT2D eigenvalue weighted by Gasteiger charge is -2.33. The van der Waals surface area contributed by atoms with Crippen LogP contribution in [0.5, 0.6) is 5.75 Å². The summed E-state index contributed by atoms with van der Waals surface area (Å²) >= 11 is 0. The minimum Gasteiger partial charge on any atom is -0.494 e. The highest BCUT2D eigenvalue weighted by atomic mass is 32.2. The highest BCUT2D eigenvalue weighted by Gasteiger charge is 2.32. The number of rotatable bonds is 13. The van der Waals surface area contributed by atoms with Crippen molar-refractivity contribution >= 4 is 27.5 Å². The number of nitrogens with zero attached hydrogens (tertiary/aromatic N) is 2. The Labute approximate surface area is 221 Å². The van der Waals surface area contributed by atoms with E-state index in [1.54, 1.807) is 29.2 Å². The molecule has 9 heteroatoms. The summed E-state index contributed by atoms with van der Waals surface area (Å²) in [6.07, 6.45) is 6.13. The van der Waals surface area contributed by atoms with Crippen LogP contribution in [0.3, 0.4) is 0 Å². The highest BCUT2D eigenvalue weighted by Crippen LogP contribution is 2.23. The number of ether oxygens (including phenoxy) is 1. The Morgan fingerprint density at radius 3 is 2.24 bits per heavy atom. The Hall–Kier alpha value is -3.07. The quantitative estimate of drug-likeness (QED) is 0.426. The van der Waals surface area contributed by atoms with Crippen LogP contribution in [-0.2, 0) is 26.0 Å². The Morgan fingerprint density at radius 2 is 1.68 bits per heavy atom. The molecule has 0 bridgehead atoms. The lowest BCUT2D eigenvalue weighted by molar-refractivity contribution is -0.139. The molecule has 0 heterocycles. The maximum Gasteiger partial charge on any atom is 0.244 e. The van der Waals surface area contributed by atoms with Crippen molar-refractivity contribution in [3.63, 3.8) is 0 Å². The molecule has 1 unspecified atom stereocenters. The fraction of sp³-hybridized carbons (Fsp3) is 0.500. The number of sulfonamides is 1. The fourth-order valence-electron chi connectivity index (χ4n) is 4.75. The molecule has 1 saturated carbocycles. The summed E-state index contributed by atoms with van der Waals surface area (Å²) < 4.78 is 32.0. The second kappa shape index (κ2) is 13.5. The molecule has 1 atom stereocenters. The van der Waals surface area contributed by atoms with Crippen LogP contribution in [0.4, 0.5) is 5.69 Å². The number of nitrogens with one attached hydrogen (secondary N) is 1. The molecule has 202 valence electrons. The zero-order valence-electron chi connectivity index (χ0n) is 22.1. The van der Waals surface area contributed by atoms with Crippen molar-refractivity contribution in [3.05, 3.63) is 60.2 Å². The standard InChI is InChI=1S/C28H39N3O5S/c1-4-26(28(33)29-23-13-9-10-14-23)30(20-19-22-11-7-6-8-12-22)27(32)21-31(37(3,34)35)24-15-17-25(18-16-24)36-5-2/h6-8,11-12,15-18,23,26H,4-5,9-10,13-14,19-21H2,1-3H3,(H,29,33). The van der Waals surface area contributed by atoms with Gasteiger partial charge < -0.3 is 15.0 Å². The van der Waals surface area contributed by atoms with E-state index in [9.17, 15) is 18.0 Å². The van der Waals surface area contributed by atoms with Crippen molar-refractivity contribution in [2.75, 3.05) is 30.3 Å². The Morgan fingerprint density at radius 1 is 1.03 bits per heavy atom. The van der Waals surface area contributed by atoms with E-state index in [0.717, 1.165) is 41.8 Å². The zero-order chi connectivity index (χ0) is 26.8. The number of benzene rings is 2. The fourth-order valence-corrected chi connectivity index (χ4v) is 5.60. The van der Waals surface area contributed by atoms with Gasteiger partial charge in [0.2, 0.25) is 21.8 Å². The van der Waals surface area contributed by atoms with Crippen LogP contribution in [0.25, 0.3) is 0 Å². The molecule has 8 nitrogen and oxygen atoms in total. The molecular formula is C28H39N3O5S. The third-order valence-electron chi connectivity index (χ3n) is 6.69. The van der Waals surface area contributed by atoms with Gasteiger partial charge in [0.15, 0.2) is 0 Å². The van der Waals surface area contributed by atoms with Crippen LogP contribution in [0.15, 0.2) is 54.6 Å². The lowest BCUT2D eigenvalue weighted by Crippen LogP contribution is -2.54. The second-order valence-corrected chi connectivity index (χ2v) is 11.3. The van der Waals surface area contributed by atoms with Crippen molar-refractivity contribution in [2.24, 2.45) is 0 Å². The molecule has 37 heavy (non-hydrogen) atoms. The van der Waals surface area contributed by atoms with Crippen molar-refractivity contribution < 1.29 is 22.7 Å². The van der Waals surface area contributed by atoms with Crippen molar-refractivity contribution in [1.29, 1.82) is 0 Å². The molecule has 2 aromatic rings. The van der Waals surface area contributed by atoms with Gasteiger partial charge in [-0.3, -0.25) is 13.9 Å². The normalized spacial score (nSPS) is 14.7. The van der Waals surface area contributed by atoms with E-state index in [-0.39, 0.29) is 11.9 Å². The molecule has 0 aliphatic heterocycles. The molecule has 0 aromatic heterocycles. The molecule has 0 radical (unpaired) electrons. The van der Waals surface area contributed by atoms with Crippen molar-refractivity contribution in [2.45, 2.75) is 64.5 Å². The van der Waals surface area contributed by atoms with Gasteiger partial charge in [-0.25, -0.2) is 8.42 Å². The predicted octanol–water partition coefficient (Wildman–Crippen LogP) is 3.76. The second-order valence-electron chi connectivity index (χ2n) is 9.43. The van der Waals surface area contributed by atoms with Gasteiger partial charge in [0, 0.05) is 12.6 Å². The third kappa shape index (κ3) is 8.21. The minimum absolute atomic E-state index is 0.129. The van der Waals surface area contributed by atoms with Gasteiger partial charge in [-0.05, 0) is 62.4 Å². The molecule has 3 rings (SSSR count). The molecule has 1 fully saturated rings. The first-order chi connectivity index (χ1) is 17.7. The van der Waals surface area contributed by atoms with E-state index in [1.165, 1.54) is 0 Å². The molecule has 1 aliphatic carbocycles. The molecule has 1 N–H and O–H groups in total. The van der Waals surface area contributed by atoms with Crippen LogP contribution in [0, 0.1) is 0 Å². The monoisotopic (exact) mass is 529 g/mol. The summed E-state index contributed by atoms with van der Waals surface area (Å²) in [5.41, 5.74) is 1.41. The first kappa shape index (κ1) is 28.5. The van der Waals surface area contributed by atoms with E-state index in [2.05, 4.69) is 5.32 Å². The van der Waals surface area contributed by atoms with Gasteiger partial charge in [0.25, 0.3) is 0 Å². The highest BCUT2D eigenvalue weighted by molar-refractivity contribution is 7.92. The average molecular weight is 530 g/mol. The van der Waals surface area contributed by atoms with E-state index in [0.29, 0.717) is 37.4 Å². The minimum atomic E-state index is -3.77. The predicted molar refractivity (Wildman–Crippen MR) is 146 cm³/mol. The van der Waals surface area contributed by atoms with Gasteiger partial charge in [-0.15, -0.1) is 0 Å². The molecule has 2 amide bonds. The van der Waals surface area contributed by atoms with Crippen LogP contribution >= 0.6 is 0 Å². The van der Waals surface area contributed by atoms with Crippen LogP contribution in [-0.4, -0.2) is 63.2 Å². The average Bonchev–Trinajstić information content (AvgIpc) is 3.38. The molecule has 1 aliphatic rings. The summed E-state index contributed by atoms with van der Waals surface area (Å²) in [6.45, 7) is 4.15. The summed E-state index contributed by atoms with van der Waals surface area (Å²) in [4.78, 5) is 28.6. The zero-order valence-corrected chi connectivity index (χ0v) is 22.9. The number of amides is 2. The van der Waals surface area contributed by atoms with E-state index >= 15 is 0 Å². The van der Waals surface area contributed by atoms with Gasteiger partial charge in [0.05, 0.1) is 18.6 Å². The van der Waals surface area contributed by atoms with Crippen molar-refractivity contribution in [1.82, 2.24) is 10.2 Å². The van der Waals surface area contributed by atoms with Gasteiger partial charge in [0.1, 0.15) is 18.3 Å². The maximum absolute atomic E-state index is 13.7. The van der Waals surface area contributed by atoms with E-state index in [1.807, 2.05) is 44.2 Å². The maximum atomic E-state index is 13.7. The number of hydrogen-bond acceptors (Lipinski definition) is 5. The van der Waals surface area contributed by atoms with E-state index in [4.69, 9.17) is 4.74 Å². The lowest BCUT2D eigenvalue weighted by atomic mass is 10.1. The summed E-state index contributed by atoms with van der Waals surface area (Å²) in [7, 11) is -3.77. The van der Waals surface area contributed by atoms with Gasteiger partial charge >= 0.3 is 0 Å².